The van der Waals surface area contributed by atoms with Crippen molar-refractivity contribution < 1.29 is 17.9 Å². The fraction of sp³-hybridized carbons (Fsp3) is 0.115. The van der Waals surface area contributed by atoms with E-state index in [0.29, 0.717) is 10.0 Å². The Hall–Kier alpha value is -2.57. The van der Waals surface area contributed by atoms with Gasteiger partial charge < -0.3 is 4.74 Å². The molecule has 0 N–H and O–H groups in total. The lowest BCUT2D eigenvalue weighted by molar-refractivity contribution is -0.139. The van der Waals surface area contributed by atoms with Crippen LogP contribution in [0.25, 0.3) is 21.9 Å². The number of carbonyl (C=O) groups excluding carboxylic acids is 1. The Kier molecular flexibility index (Phi) is 6.92. The molecule has 4 rings (SSSR count). The molecule has 0 saturated carbocycles. The quantitative estimate of drug-likeness (QED) is 0.252. The molecule has 0 unspecified atom stereocenters. The van der Waals surface area contributed by atoms with Crippen molar-refractivity contribution in [1.82, 2.24) is 0 Å². The molecule has 174 valence electrons. The number of hydrogen-bond donors (Lipinski definition) is 0. The van der Waals surface area contributed by atoms with Crippen LogP contribution in [-0.2, 0) is 25.8 Å². The number of carbonyl (C=O) groups is 1. The normalized spacial score (nSPS) is 11.6. The van der Waals surface area contributed by atoms with Gasteiger partial charge in [-0.3, -0.25) is 4.79 Å². The molecule has 8 heteroatoms. The van der Waals surface area contributed by atoms with E-state index in [4.69, 9.17) is 39.5 Å². The first-order chi connectivity index (χ1) is 16.1. The summed E-state index contributed by atoms with van der Waals surface area (Å²) in [5.41, 5.74) is 3.36. The molecule has 0 aliphatic heterocycles. The van der Waals surface area contributed by atoms with Gasteiger partial charge in [0.15, 0.2) is 0 Å². The third-order valence-electron chi connectivity index (χ3n) is 5.67. The van der Waals surface area contributed by atoms with Crippen molar-refractivity contribution in [3.05, 3.63) is 92.9 Å². The maximum absolute atomic E-state index is 13.1. The highest BCUT2D eigenvalue weighted by Crippen LogP contribution is 2.37. The number of hydrogen-bond acceptors (Lipinski definition) is 4. The minimum atomic E-state index is -3.85. The molecule has 0 spiro atoms. The molecule has 4 aromatic rings. The van der Waals surface area contributed by atoms with E-state index in [1.54, 1.807) is 30.3 Å². The highest BCUT2D eigenvalue weighted by Gasteiger charge is 2.22. The number of esters is 1. The van der Waals surface area contributed by atoms with E-state index in [0.717, 1.165) is 33.0 Å². The summed E-state index contributed by atoms with van der Waals surface area (Å²) in [5.74, 6) is -0.344. The van der Waals surface area contributed by atoms with Gasteiger partial charge in [0.25, 0.3) is 0 Å². The third-order valence-corrected chi connectivity index (χ3v) is 8.39. The molecule has 0 amide bonds. The lowest BCUT2D eigenvalue weighted by Gasteiger charge is -2.16. The molecule has 0 aliphatic carbocycles. The Labute approximate surface area is 212 Å². The molecular formula is C26H19Cl3O4S. The van der Waals surface area contributed by atoms with Crippen molar-refractivity contribution in [3.63, 3.8) is 0 Å². The standard InChI is InChI=1S/C26H19Cl3O4S/c1-15-18(12-25(30)33-2)11-17-3-6-19(27)13-22(17)26(15)16-4-8-21(9-5-16)34(31,32)24-10-7-20(28)14-23(24)29/h3-11,13-14H,12H2,1-2H3. The first-order valence-corrected chi connectivity index (χ1v) is 12.8. The van der Waals surface area contributed by atoms with Crippen molar-refractivity contribution in [1.29, 1.82) is 0 Å². The summed E-state index contributed by atoms with van der Waals surface area (Å²) in [6, 6.07) is 18.3. The molecule has 0 radical (unpaired) electrons. The fourth-order valence-corrected chi connectivity index (χ4v) is 6.13. The van der Waals surface area contributed by atoms with E-state index >= 15 is 0 Å². The van der Waals surface area contributed by atoms with Crippen LogP contribution in [0.1, 0.15) is 11.1 Å². The number of sulfone groups is 1. The van der Waals surface area contributed by atoms with Gasteiger partial charge in [0.1, 0.15) is 0 Å². The Bertz CT molecular complexity index is 1530. The van der Waals surface area contributed by atoms with Crippen LogP contribution in [0.3, 0.4) is 0 Å². The molecule has 4 nitrogen and oxygen atoms in total. The van der Waals surface area contributed by atoms with Crippen molar-refractivity contribution in [2.45, 2.75) is 23.1 Å². The van der Waals surface area contributed by atoms with E-state index < -0.39 is 9.84 Å². The van der Waals surface area contributed by atoms with Gasteiger partial charge in [-0.05, 0) is 82.4 Å². The van der Waals surface area contributed by atoms with Crippen molar-refractivity contribution in [2.24, 2.45) is 0 Å². The fourth-order valence-electron chi connectivity index (χ4n) is 3.93. The number of rotatable bonds is 5. The van der Waals surface area contributed by atoms with Crippen molar-refractivity contribution in [3.8, 4) is 11.1 Å². The highest BCUT2D eigenvalue weighted by atomic mass is 35.5. The summed E-state index contributed by atoms with van der Waals surface area (Å²) < 4.78 is 31.2. The number of ether oxygens (including phenoxy) is 1. The van der Waals surface area contributed by atoms with Gasteiger partial charge in [0.2, 0.25) is 9.84 Å². The SMILES string of the molecule is COC(=O)Cc1cc2ccc(Cl)cc2c(-c2ccc(S(=O)(=O)c3ccc(Cl)cc3Cl)cc2)c1C. The maximum atomic E-state index is 13.1. The van der Waals surface area contributed by atoms with Crippen LogP contribution in [0, 0.1) is 6.92 Å². The largest absolute Gasteiger partial charge is 0.469 e. The highest BCUT2D eigenvalue weighted by molar-refractivity contribution is 7.91. The van der Waals surface area contributed by atoms with Gasteiger partial charge in [-0.25, -0.2) is 8.42 Å². The Morgan fingerprint density at radius 2 is 1.53 bits per heavy atom. The molecule has 4 aromatic carbocycles. The average molecular weight is 534 g/mol. The van der Waals surface area contributed by atoms with Gasteiger partial charge in [-0.1, -0.05) is 59.1 Å². The van der Waals surface area contributed by atoms with Crippen LogP contribution in [0.5, 0.6) is 0 Å². The molecule has 0 atom stereocenters. The van der Waals surface area contributed by atoms with Crippen LogP contribution in [0.4, 0.5) is 0 Å². The minimum Gasteiger partial charge on any atom is -0.469 e. The second-order valence-electron chi connectivity index (χ2n) is 7.76. The molecule has 0 saturated heterocycles. The maximum Gasteiger partial charge on any atom is 0.309 e. The molecule has 0 bridgehead atoms. The van der Waals surface area contributed by atoms with E-state index in [1.165, 1.54) is 25.3 Å². The number of halogens is 3. The van der Waals surface area contributed by atoms with Gasteiger partial charge in [-0.15, -0.1) is 0 Å². The molecule has 34 heavy (non-hydrogen) atoms. The zero-order chi connectivity index (χ0) is 24.6. The second kappa shape index (κ2) is 9.59. The molecule has 0 heterocycles. The van der Waals surface area contributed by atoms with Gasteiger partial charge in [-0.2, -0.15) is 0 Å². The van der Waals surface area contributed by atoms with E-state index in [2.05, 4.69) is 0 Å². The van der Waals surface area contributed by atoms with E-state index in [-0.39, 0.29) is 27.2 Å². The summed E-state index contributed by atoms with van der Waals surface area (Å²) >= 11 is 18.3. The number of fused-ring (bicyclic) bond motifs is 1. The summed E-state index contributed by atoms with van der Waals surface area (Å²) in [6.07, 6.45) is 0.120. The molecule has 0 fully saturated rings. The lowest BCUT2D eigenvalue weighted by Crippen LogP contribution is -2.07. The molecular weight excluding hydrogens is 515 g/mol. The Morgan fingerprint density at radius 3 is 2.18 bits per heavy atom. The lowest BCUT2D eigenvalue weighted by atomic mass is 9.89. The second-order valence-corrected chi connectivity index (χ2v) is 11.0. The monoisotopic (exact) mass is 532 g/mol. The third kappa shape index (κ3) is 4.66. The Balaban J connectivity index is 1.86. The van der Waals surface area contributed by atoms with Crippen LogP contribution in [-0.4, -0.2) is 21.5 Å². The first kappa shape index (κ1) is 24.6. The average Bonchev–Trinajstić information content (AvgIpc) is 2.79. The van der Waals surface area contributed by atoms with Crippen LogP contribution >= 0.6 is 34.8 Å². The summed E-state index contributed by atoms with van der Waals surface area (Å²) in [6.45, 7) is 1.92. The summed E-state index contributed by atoms with van der Waals surface area (Å²) in [4.78, 5) is 12.1. The predicted octanol–water partition coefficient (Wildman–Crippen LogP) is 7.32. The van der Waals surface area contributed by atoms with E-state index in [9.17, 15) is 13.2 Å². The summed E-state index contributed by atoms with van der Waals surface area (Å²) in [5, 5.41) is 2.80. The van der Waals surface area contributed by atoms with Gasteiger partial charge >= 0.3 is 5.97 Å². The zero-order valence-electron chi connectivity index (χ0n) is 18.2. The van der Waals surface area contributed by atoms with Crippen molar-refractivity contribution in [2.75, 3.05) is 7.11 Å². The molecule has 0 aromatic heterocycles. The smallest absolute Gasteiger partial charge is 0.309 e. The van der Waals surface area contributed by atoms with Crippen LogP contribution in [0.15, 0.2) is 76.5 Å². The summed E-state index contributed by atoms with van der Waals surface area (Å²) in [7, 11) is -2.49. The predicted molar refractivity (Wildman–Crippen MR) is 137 cm³/mol. The molecule has 0 aliphatic rings. The first-order valence-electron chi connectivity index (χ1n) is 10.2. The number of benzene rings is 4. The van der Waals surface area contributed by atoms with Gasteiger partial charge in [0.05, 0.1) is 28.3 Å². The van der Waals surface area contributed by atoms with Crippen LogP contribution in [0.2, 0.25) is 15.1 Å². The van der Waals surface area contributed by atoms with Crippen molar-refractivity contribution >= 4 is 61.4 Å². The topological polar surface area (TPSA) is 60.4 Å². The van der Waals surface area contributed by atoms with E-state index in [1.807, 2.05) is 25.1 Å². The Morgan fingerprint density at radius 1 is 0.882 bits per heavy atom. The zero-order valence-corrected chi connectivity index (χ0v) is 21.3. The number of methoxy groups -OCH3 is 1. The van der Waals surface area contributed by atoms with Crippen LogP contribution < -0.4 is 0 Å². The minimum absolute atomic E-state index is 0.0141. The van der Waals surface area contributed by atoms with Gasteiger partial charge in [0, 0.05) is 10.0 Å².